The molecule has 1 unspecified atom stereocenters. The molecule has 0 spiro atoms. The molecule has 0 N–H and O–H groups in total. The third-order valence-corrected chi connectivity index (χ3v) is 3.85. The standard InChI is InChI=1S/C16H22O2Si/c1-6-9-14-12(2)16(18-19(3,4)5)13-10-7-8-11-15(13)17-14/h6-8,10-11,14H,1,9H2,2-5H3. The predicted octanol–water partition coefficient (Wildman–Crippen LogP) is 4.61. The Kier molecular flexibility index (Phi) is 3.85. The van der Waals surface area contributed by atoms with Gasteiger partial charge in [0, 0.05) is 12.0 Å². The van der Waals surface area contributed by atoms with Gasteiger partial charge in [0.1, 0.15) is 17.6 Å². The molecule has 0 fully saturated rings. The zero-order valence-electron chi connectivity index (χ0n) is 12.2. The van der Waals surface area contributed by atoms with E-state index in [0.717, 1.165) is 23.5 Å². The molecule has 1 aliphatic rings. The Morgan fingerprint density at radius 2 is 2.00 bits per heavy atom. The second kappa shape index (κ2) is 5.25. The minimum Gasteiger partial charge on any atom is -0.544 e. The largest absolute Gasteiger partial charge is 0.544 e. The van der Waals surface area contributed by atoms with Crippen LogP contribution in [0.3, 0.4) is 0 Å². The minimum atomic E-state index is -1.65. The first-order valence-electron chi connectivity index (χ1n) is 6.69. The van der Waals surface area contributed by atoms with E-state index >= 15 is 0 Å². The maximum atomic E-state index is 6.30. The summed E-state index contributed by atoms with van der Waals surface area (Å²) in [6.07, 6.45) is 2.74. The Bertz CT molecular complexity index is 512. The van der Waals surface area contributed by atoms with E-state index in [-0.39, 0.29) is 6.10 Å². The van der Waals surface area contributed by atoms with Gasteiger partial charge in [0.15, 0.2) is 0 Å². The average molecular weight is 274 g/mol. The van der Waals surface area contributed by atoms with Crippen molar-refractivity contribution in [2.24, 2.45) is 0 Å². The smallest absolute Gasteiger partial charge is 0.242 e. The first kappa shape index (κ1) is 13.9. The van der Waals surface area contributed by atoms with Crippen LogP contribution in [0.25, 0.3) is 5.76 Å². The number of benzene rings is 1. The Hall–Kier alpha value is -1.48. The van der Waals surface area contributed by atoms with Gasteiger partial charge in [-0.05, 0) is 38.7 Å². The van der Waals surface area contributed by atoms with Crippen molar-refractivity contribution in [1.82, 2.24) is 0 Å². The molecule has 0 radical (unpaired) electrons. The van der Waals surface area contributed by atoms with Crippen LogP contribution < -0.4 is 4.74 Å². The second-order valence-electron chi connectivity index (χ2n) is 5.85. The van der Waals surface area contributed by atoms with Crippen LogP contribution in [-0.2, 0) is 4.43 Å². The van der Waals surface area contributed by atoms with Crippen LogP contribution in [0, 0.1) is 0 Å². The molecule has 3 heteroatoms. The highest BCUT2D eigenvalue weighted by atomic mass is 28.4. The molecule has 1 aromatic rings. The van der Waals surface area contributed by atoms with Crippen LogP contribution in [0.4, 0.5) is 0 Å². The van der Waals surface area contributed by atoms with E-state index in [1.807, 2.05) is 24.3 Å². The Balaban J connectivity index is 2.47. The van der Waals surface area contributed by atoms with Crippen LogP contribution >= 0.6 is 0 Å². The van der Waals surface area contributed by atoms with Gasteiger partial charge in [-0.1, -0.05) is 18.2 Å². The maximum Gasteiger partial charge on any atom is 0.242 e. The fraction of sp³-hybridized carbons (Fsp3) is 0.375. The third-order valence-electron chi connectivity index (χ3n) is 3.03. The molecule has 0 aliphatic carbocycles. The lowest BCUT2D eigenvalue weighted by molar-refractivity contribution is 0.229. The Morgan fingerprint density at radius 3 is 2.63 bits per heavy atom. The van der Waals surface area contributed by atoms with E-state index in [1.165, 1.54) is 5.57 Å². The van der Waals surface area contributed by atoms with Crippen molar-refractivity contribution in [3.05, 3.63) is 48.1 Å². The lowest BCUT2D eigenvalue weighted by Crippen LogP contribution is -2.29. The molecule has 1 atom stereocenters. The Morgan fingerprint density at radius 1 is 1.32 bits per heavy atom. The Labute approximate surface area is 116 Å². The molecule has 0 saturated carbocycles. The van der Waals surface area contributed by atoms with Gasteiger partial charge in [-0.25, -0.2) is 0 Å². The van der Waals surface area contributed by atoms with Crippen molar-refractivity contribution in [2.75, 3.05) is 0 Å². The zero-order chi connectivity index (χ0) is 14.0. The van der Waals surface area contributed by atoms with Gasteiger partial charge < -0.3 is 9.16 Å². The molecule has 19 heavy (non-hydrogen) atoms. The third kappa shape index (κ3) is 3.10. The number of fused-ring (bicyclic) bond motifs is 1. The molecule has 0 saturated heterocycles. The SMILES string of the molecule is C=CCC1Oc2ccccc2C(O[Si](C)(C)C)=C1C. The normalized spacial score (nSPS) is 18.6. The van der Waals surface area contributed by atoms with Gasteiger partial charge in [-0.15, -0.1) is 6.58 Å². The molecule has 2 rings (SSSR count). The number of ether oxygens (including phenoxy) is 1. The summed E-state index contributed by atoms with van der Waals surface area (Å²) >= 11 is 0. The van der Waals surface area contributed by atoms with Gasteiger partial charge in [0.2, 0.25) is 8.32 Å². The highest BCUT2D eigenvalue weighted by molar-refractivity contribution is 6.70. The molecular weight excluding hydrogens is 252 g/mol. The number of rotatable bonds is 4. The van der Waals surface area contributed by atoms with Gasteiger partial charge in [0.25, 0.3) is 0 Å². The number of hydrogen-bond donors (Lipinski definition) is 0. The minimum absolute atomic E-state index is 0.0405. The van der Waals surface area contributed by atoms with Crippen LogP contribution in [-0.4, -0.2) is 14.4 Å². The molecule has 1 aliphatic heterocycles. The molecule has 0 amide bonds. The fourth-order valence-corrected chi connectivity index (χ4v) is 3.06. The molecule has 1 heterocycles. The van der Waals surface area contributed by atoms with E-state index in [2.05, 4.69) is 39.2 Å². The van der Waals surface area contributed by atoms with Gasteiger partial charge in [0.05, 0.1) is 5.56 Å². The summed E-state index contributed by atoms with van der Waals surface area (Å²) in [5.74, 6) is 1.92. The van der Waals surface area contributed by atoms with Crippen molar-refractivity contribution in [2.45, 2.75) is 39.1 Å². The molecule has 1 aromatic carbocycles. The van der Waals surface area contributed by atoms with E-state index in [1.54, 1.807) is 0 Å². The lowest BCUT2D eigenvalue weighted by atomic mass is 9.99. The van der Waals surface area contributed by atoms with Crippen molar-refractivity contribution >= 4 is 14.1 Å². The topological polar surface area (TPSA) is 18.5 Å². The molecule has 102 valence electrons. The molecule has 0 bridgehead atoms. The lowest BCUT2D eigenvalue weighted by Gasteiger charge is -2.32. The second-order valence-corrected chi connectivity index (χ2v) is 10.3. The number of para-hydroxylation sites is 1. The summed E-state index contributed by atoms with van der Waals surface area (Å²) in [6.45, 7) is 12.5. The average Bonchev–Trinajstić information content (AvgIpc) is 2.33. The van der Waals surface area contributed by atoms with Crippen LogP contribution in [0.15, 0.2) is 42.5 Å². The summed E-state index contributed by atoms with van der Waals surface area (Å²) < 4.78 is 12.3. The highest BCUT2D eigenvalue weighted by Crippen LogP contribution is 2.38. The summed E-state index contributed by atoms with van der Waals surface area (Å²) in [4.78, 5) is 0. The summed E-state index contributed by atoms with van der Waals surface area (Å²) in [7, 11) is -1.65. The first-order valence-corrected chi connectivity index (χ1v) is 10.1. The fourth-order valence-electron chi connectivity index (χ4n) is 2.18. The zero-order valence-corrected chi connectivity index (χ0v) is 13.2. The highest BCUT2D eigenvalue weighted by Gasteiger charge is 2.29. The van der Waals surface area contributed by atoms with E-state index in [9.17, 15) is 0 Å². The predicted molar refractivity (Wildman–Crippen MR) is 82.7 cm³/mol. The first-order chi connectivity index (χ1) is 8.92. The van der Waals surface area contributed by atoms with E-state index in [4.69, 9.17) is 9.16 Å². The van der Waals surface area contributed by atoms with Crippen LogP contribution in [0.5, 0.6) is 5.75 Å². The number of hydrogen-bond acceptors (Lipinski definition) is 2. The molecule has 2 nitrogen and oxygen atoms in total. The van der Waals surface area contributed by atoms with Crippen molar-refractivity contribution in [1.29, 1.82) is 0 Å². The maximum absolute atomic E-state index is 6.30. The molecule has 0 aromatic heterocycles. The van der Waals surface area contributed by atoms with E-state index < -0.39 is 8.32 Å². The van der Waals surface area contributed by atoms with Crippen molar-refractivity contribution < 1.29 is 9.16 Å². The quantitative estimate of drug-likeness (QED) is 0.590. The van der Waals surface area contributed by atoms with E-state index in [0.29, 0.717) is 0 Å². The van der Waals surface area contributed by atoms with Gasteiger partial charge in [-0.3, -0.25) is 0 Å². The summed E-state index contributed by atoms with van der Waals surface area (Å²) in [6, 6.07) is 8.09. The monoisotopic (exact) mass is 274 g/mol. The van der Waals surface area contributed by atoms with Gasteiger partial charge in [-0.2, -0.15) is 0 Å². The van der Waals surface area contributed by atoms with Crippen molar-refractivity contribution in [3.8, 4) is 5.75 Å². The summed E-state index contributed by atoms with van der Waals surface area (Å²) in [5.41, 5.74) is 2.24. The van der Waals surface area contributed by atoms with Crippen LogP contribution in [0.2, 0.25) is 19.6 Å². The van der Waals surface area contributed by atoms with Crippen LogP contribution in [0.1, 0.15) is 18.9 Å². The van der Waals surface area contributed by atoms with Crippen molar-refractivity contribution in [3.63, 3.8) is 0 Å². The molecular formula is C16H22O2Si. The summed E-state index contributed by atoms with van der Waals surface area (Å²) in [5, 5.41) is 0. The van der Waals surface area contributed by atoms with Gasteiger partial charge >= 0.3 is 0 Å².